The van der Waals surface area contributed by atoms with Gasteiger partial charge >= 0.3 is 0 Å². The van der Waals surface area contributed by atoms with Crippen LogP contribution in [0.1, 0.15) is 38.1 Å². The molecule has 4 heteroatoms. The third-order valence-corrected chi connectivity index (χ3v) is 4.31. The molecule has 2 aromatic rings. The van der Waals surface area contributed by atoms with Crippen LogP contribution < -0.4 is 5.32 Å². The first-order chi connectivity index (χ1) is 8.78. The van der Waals surface area contributed by atoms with E-state index in [1.54, 1.807) is 0 Å². The minimum atomic E-state index is 0.182. The molecule has 1 unspecified atom stereocenters. The highest BCUT2D eigenvalue weighted by molar-refractivity contribution is 5.75. The van der Waals surface area contributed by atoms with Crippen molar-refractivity contribution in [2.75, 3.05) is 13.1 Å². The lowest BCUT2D eigenvalue weighted by Crippen LogP contribution is -2.29. The minimum absolute atomic E-state index is 0.182. The van der Waals surface area contributed by atoms with Gasteiger partial charge in [-0.3, -0.25) is 4.98 Å². The molecule has 1 aliphatic heterocycles. The van der Waals surface area contributed by atoms with Gasteiger partial charge in [-0.15, -0.1) is 0 Å². The van der Waals surface area contributed by atoms with Crippen LogP contribution in [0.2, 0.25) is 0 Å². The fourth-order valence-corrected chi connectivity index (χ4v) is 3.09. The van der Waals surface area contributed by atoms with Crippen molar-refractivity contribution in [2.45, 2.75) is 37.6 Å². The summed E-state index contributed by atoms with van der Waals surface area (Å²) in [5.74, 6) is 1.26. The number of rotatable bonds is 2. The Kier molecular flexibility index (Phi) is 2.07. The Balaban J connectivity index is 1.96. The lowest BCUT2D eigenvalue weighted by Gasteiger charge is -2.23. The Labute approximate surface area is 106 Å². The molecule has 1 aliphatic carbocycles. The number of pyridine rings is 1. The summed E-state index contributed by atoms with van der Waals surface area (Å²) in [6.45, 7) is 4.47. The van der Waals surface area contributed by atoms with Crippen molar-refractivity contribution in [1.29, 1.82) is 0 Å². The van der Waals surface area contributed by atoms with E-state index in [1.165, 1.54) is 30.6 Å². The molecule has 94 valence electrons. The summed E-state index contributed by atoms with van der Waals surface area (Å²) in [5.41, 5.74) is 2.49. The Morgan fingerprint density at radius 1 is 1.44 bits per heavy atom. The van der Waals surface area contributed by atoms with Crippen LogP contribution in [0, 0.1) is 0 Å². The van der Waals surface area contributed by atoms with Gasteiger partial charge in [0.05, 0.1) is 11.7 Å². The van der Waals surface area contributed by atoms with E-state index in [0.717, 1.165) is 18.6 Å². The SMILES string of the molecule is CC1(c2nc3cnccc3n2C2CC2)CCNC1. The molecule has 4 nitrogen and oxygen atoms in total. The van der Waals surface area contributed by atoms with Gasteiger partial charge in [0.1, 0.15) is 11.3 Å². The molecule has 2 aliphatic rings. The second-order valence-electron chi connectivity index (χ2n) is 5.89. The lowest BCUT2D eigenvalue weighted by molar-refractivity contribution is 0.462. The zero-order valence-corrected chi connectivity index (χ0v) is 10.7. The molecule has 1 atom stereocenters. The maximum atomic E-state index is 4.89. The van der Waals surface area contributed by atoms with E-state index < -0.39 is 0 Å². The molecule has 4 rings (SSSR count). The summed E-state index contributed by atoms with van der Waals surface area (Å²) in [4.78, 5) is 9.09. The predicted octanol–water partition coefficient (Wildman–Crippen LogP) is 2.02. The highest BCUT2D eigenvalue weighted by Crippen LogP contribution is 2.42. The van der Waals surface area contributed by atoms with Crippen molar-refractivity contribution in [3.8, 4) is 0 Å². The summed E-state index contributed by atoms with van der Waals surface area (Å²) in [6.07, 6.45) is 7.54. The van der Waals surface area contributed by atoms with Crippen molar-refractivity contribution in [1.82, 2.24) is 19.9 Å². The van der Waals surface area contributed by atoms with E-state index >= 15 is 0 Å². The van der Waals surface area contributed by atoms with Crippen molar-refractivity contribution in [3.05, 3.63) is 24.3 Å². The second-order valence-corrected chi connectivity index (χ2v) is 5.89. The average Bonchev–Trinajstić information content (AvgIpc) is 2.99. The van der Waals surface area contributed by atoms with Crippen LogP contribution in [0.3, 0.4) is 0 Å². The van der Waals surface area contributed by atoms with Crippen LogP contribution in [0.25, 0.3) is 11.0 Å². The molecule has 0 spiro atoms. The highest BCUT2D eigenvalue weighted by atomic mass is 15.2. The van der Waals surface area contributed by atoms with Gasteiger partial charge in [-0.1, -0.05) is 6.92 Å². The van der Waals surface area contributed by atoms with Gasteiger partial charge in [0.25, 0.3) is 0 Å². The number of imidazole rings is 1. The van der Waals surface area contributed by atoms with Crippen LogP contribution >= 0.6 is 0 Å². The summed E-state index contributed by atoms with van der Waals surface area (Å²) < 4.78 is 2.48. The largest absolute Gasteiger partial charge is 0.324 e. The molecule has 0 amide bonds. The summed E-state index contributed by atoms with van der Waals surface area (Å²) in [5, 5.41) is 3.47. The lowest BCUT2D eigenvalue weighted by atomic mass is 9.88. The number of nitrogens with one attached hydrogen (secondary N) is 1. The van der Waals surface area contributed by atoms with E-state index in [4.69, 9.17) is 4.98 Å². The molecule has 18 heavy (non-hydrogen) atoms. The molecule has 1 saturated carbocycles. The number of nitrogens with zero attached hydrogens (tertiary/aromatic N) is 3. The summed E-state index contributed by atoms with van der Waals surface area (Å²) >= 11 is 0. The number of hydrogen-bond acceptors (Lipinski definition) is 3. The number of hydrogen-bond donors (Lipinski definition) is 1. The maximum Gasteiger partial charge on any atom is 0.117 e. The quantitative estimate of drug-likeness (QED) is 0.876. The Hall–Kier alpha value is -1.42. The molecule has 2 fully saturated rings. The monoisotopic (exact) mass is 242 g/mol. The second kappa shape index (κ2) is 3.54. The first kappa shape index (κ1) is 10.5. The molecule has 0 radical (unpaired) electrons. The topological polar surface area (TPSA) is 42.7 Å². The van der Waals surface area contributed by atoms with Crippen LogP contribution in [0.4, 0.5) is 0 Å². The molecular formula is C14H18N4. The smallest absolute Gasteiger partial charge is 0.117 e. The van der Waals surface area contributed by atoms with E-state index in [-0.39, 0.29) is 5.41 Å². The average molecular weight is 242 g/mol. The van der Waals surface area contributed by atoms with Gasteiger partial charge in [0, 0.05) is 24.2 Å². The van der Waals surface area contributed by atoms with Crippen molar-refractivity contribution >= 4 is 11.0 Å². The zero-order valence-electron chi connectivity index (χ0n) is 10.7. The normalized spacial score (nSPS) is 28.1. The van der Waals surface area contributed by atoms with Gasteiger partial charge in [-0.05, 0) is 31.9 Å². The molecule has 1 saturated heterocycles. The van der Waals surface area contributed by atoms with E-state index in [9.17, 15) is 0 Å². The highest BCUT2D eigenvalue weighted by Gasteiger charge is 2.39. The van der Waals surface area contributed by atoms with Gasteiger partial charge in [0.2, 0.25) is 0 Å². The standard InChI is InChI=1S/C14H18N4/c1-14(5-7-16-9-14)13-17-11-8-15-6-4-12(11)18(13)10-2-3-10/h4,6,8,10,16H,2-3,5,7,9H2,1H3. The van der Waals surface area contributed by atoms with E-state index in [2.05, 4.69) is 27.9 Å². The van der Waals surface area contributed by atoms with Crippen LogP contribution in [-0.2, 0) is 5.41 Å². The van der Waals surface area contributed by atoms with Gasteiger partial charge in [-0.25, -0.2) is 4.98 Å². The van der Waals surface area contributed by atoms with Crippen LogP contribution in [0.15, 0.2) is 18.5 Å². The molecule has 1 N–H and O–H groups in total. The van der Waals surface area contributed by atoms with Crippen molar-refractivity contribution in [3.63, 3.8) is 0 Å². The van der Waals surface area contributed by atoms with Gasteiger partial charge in [-0.2, -0.15) is 0 Å². The first-order valence-electron chi connectivity index (χ1n) is 6.81. The molecule has 0 aromatic carbocycles. The van der Waals surface area contributed by atoms with Crippen LogP contribution in [-0.4, -0.2) is 27.6 Å². The molecule has 2 aromatic heterocycles. The van der Waals surface area contributed by atoms with E-state index in [0.29, 0.717) is 6.04 Å². The van der Waals surface area contributed by atoms with Gasteiger partial charge < -0.3 is 9.88 Å². The molecule has 3 heterocycles. The Morgan fingerprint density at radius 2 is 2.33 bits per heavy atom. The summed E-state index contributed by atoms with van der Waals surface area (Å²) in [7, 11) is 0. The van der Waals surface area contributed by atoms with Gasteiger partial charge in [0.15, 0.2) is 0 Å². The Morgan fingerprint density at radius 3 is 3.06 bits per heavy atom. The first-order valence-corrected chi connectivity index (χ1v) is 6.81. The number of fused-ring (bicyclic) bond motifs is 1. The van der Waals surface area contributed by atoms with Crippen molar-refractivity contribution < 1.29 is 0 Å². The van der Waals surface area contributed by atoms with E-state index in [1.807, 2.05) is 12.4 Å². The maximum absolute atomic E-state index is 4.89. The third kappa shape index (κ3) is 1.42. The fraction of sp³-hybridized carbons (Fsp3) is 0.571. The summed E-state index contributed by atoms with van der Waals surface area (Å²) in [6, 6.07) is 2.78. The minimum Gasteiger partial charge on any atom is -0.324 e. The fourth-order valence-electron chi connectivity index (χ4n) is 3.09. The number of aromatic nitrogens is 3. The molecular weight excluding hydrogens is 224 g/mol. The Bertz CT molecular complexity index is 591. The van der Waals surface area contributed by atoms with Crippen molar-refractivity contribution in [2.24, 2.45) is 0 Å². The molecule has 0 bridgehead atoms. The van der Waals surface area contributed by atoms with Crippen LogP contribution in [0.5, 0.6) is 0 Å². The third-order valence-electron chi connectivity index (χ3n) is 4.31. The predicted molar refractivity (Wildman–Crippen MR) is 70.6 cm³/mol. The zero-order chi connectivity index (χ0) is 12.2.